The lowest BCUT2D eigenvalue weighted by atomic mass is 9.96. The van der Waals surface area contributed by atoms with Crippen LogP contribution in [0.4, 0.5) is 26.6 Å². The van der Waals surface area contributed by atoms with Crippen molar-refractivity contribution in [2.24, 2.45) is 0 Å². The van der Waals surface area contributed by atoms with E-state index >= 15 is 4.39 Å². The molecule has 1 aliphatic rings. The minimum absolute atomic E-state index is 0.0119. The SMILES string of the molecule is CCOC(=O)COCCOCCOCC(=O)Oc1ccc(Nc2nc(N3CCN(C(=O)OC(C)(C)C)CC3)c3cc(Cl)c(-c4cc(O)cc5ccccc45)c(F)c3n2)cc1. The lowest BCUT2D eigenvalue weighted by Crippen LogP contribution is -2.50. The van der Waals surface area contributed by atoms with E-state index in [4.69, 9.17) is 45.0 Å². The summed E-state index contributed by atoms with van der Waals surface area (Å²) in [6, 6.07) is 18.4. The van der Waals surface area contributed by atoms with E-state index in [-0.39, 0.29) is 79.8 Å². The number of carbonyl (C=O) groups is 3. The number of fused-ring (bicyclic) bond motifs is 2. The van der Waals surface area contributed by atoms with Gasteiger partial charge in [-0.05, 0) is 86.5 Å². The summed E-state index contributed by atoms with van der Waals surface area (Å²) in [5.41, 5.74) is 0.322. The molecule has 1 aromatic heterocycles. The summed E-state index contributed by atoms with van der Waals surface area (Å²) in [4.78, 5) is 49.5. The van der Waals surface area contributed by atoms with Crippen molar-refractivity contribution in [1.29, 1.82) is 0 Å². The van der Waals surface area contributed by atoms with E-state index in [1.807, 2.05) is 49.9 Å². The number of nitrogens with one attached hydrogen (secondary N) is 1. The van der Waals surface area contributed by atoms with Crippen LogP contribution in [0.15, 0.2) is 66.7 Å². The Labute approximate surface area is 351 Å². The molecule has 1 saturated heterocycles. The van der Waals surface area contributed by atoms with E-state index in [1.165, 1.54) is 6.07 Å². The Hall–Kier alpha value is -5.81. The van der Waals surface area contributed by atoms with Crippen molar-refractivity contribution in [3.8, 4) is 22.6 Å². The van der Waals surface area contributed by atoms with E-state index in [0.717, 1.165) is 0 Å². The van der Waals surface area contributed by atoms with Crippen molar-refractivity contribution in [2.75, 3.05) is 82.6 Å². The van der Waals surface area contributed by atoms with Gasteiger partial charge in [0.1, 0.15) is 41.6 Å². The van der Waals surface area contributed by atoms with Crippen LogP contribution in [0, 0.1) is 5.82 Å². The van der Waals surface area contributed by atoms with Crippen molar-refractivity contribution in [3.63, 3.8) is 0 Å². The summed E-state index contributed by atoms with van der Waals surface area (Å²) in [5.74, 6) is -1.08. The first kappa shape index (κ1) is 43.8. The predicted molar refractivity (Wildman–Crippen MR) is 224 cm³/mol. The topological polar surface area (TPSA) is 171 Å². The number of ether oxygens (including phenoxy) is 6. The van der Waals surface area contributed by atoms with Gasteiger partial charge in [-0.1, -0.05) is 35.9 Å². The summed E-state index contributed by atoms with van der Waals surface area (Å²) < 4.78 is 48.6. The molecule has 0 bridgehead atoms. The summed E-state index contributed by atoms with van der Waals surface area (Å²) in [7, 11) is 0. The molecular formula is C43H47ClFN5O10. The average molecular weight is 848 g/mol. The van der Waals surface area contributed by atoms with Gasteiger partial charge >= 0.3 is 18.0 Å². The number of benzene rings is 4. The van der Waals surface area contributed by atoms with Crippen LogP contribution in [-0.4, -0.2) is 116 Å². The Kier molecular flexibility index (Phi) is 14.6. The first-order valence-corrected chi connectivity index (χ1v) is 19.8. The van der Waals surface area contributed by atoms with Gasteiger partial charge in [-0.25, -0.2) is 23.8 Å². The molecule has 60 heavy (non-hydrogen) atoms. The number of rotatable bonds is 16. The Morgan fingerprint density at radius 2 is 1.52 bits per heavy atom. The van der Waals surface area contributed by atoms with Gasteiger partial charge in [0.15, 0.2) is 5.82 Å². The highest BCUT2D eigenvalue weighted by Gasteiger charge is 2.29. The van der Waals surface area contributed by atoms with Crippen molar-refractivity contribution >= 4 is 68.8 Å². The molecule has 1 aliphatic heterocycles. The largest absolute Gasteiger partial charge is 0.508 e. The molecule has 1 fully saturated rings. The lowest BCUT2D eigenvalue weighted by Gasteiger charge is -2.36. The molecule has 5 aromatic rings. The highest BCUT2D eigenvalue weighted by molar-refractivity contribution is 6.35. The van der Waals surface area contributed by atoms with Gasteiger partial charge in [0.25, 0.3) is 0 Å². The molecule has 4 aromatic carbocycles. The first-order valence-electron chi connectivity index (χ1n) is 19.4. The molecule has 0 aliphatic carbocycles. The third kappa shape index (κ3) is 11.5. The molecule has 2 heterocycles. The Morgan fingerprint density at radius 1 is 0.850 bits per heavy atom. The van der Waals surface area contributed by atoms with Gasteiger partial charge < -0.3 is 48.6 Å². The van der Waals surface area contributed by atoms with E-state index in [2.05, 4.69) is 10.3 Å². The number of phenols is 1. The standard InChI is InChI=1S/C43H47ClFN5O10/c1-5-58-35(52)25-56-20-18-55-19-21-57-26-36(53)59-30-12-10-28(11-13-30)46-41-47-39-33(40(48-41)49-14-16-50(17-15-49)42(54)60-43(2,3)4)24-34(44)37(38(39)45)32-23-29(51)22-27-8-6-7-9-31(27)32/h6-13,22-24,51H,5,14-21,25-26H2,1-4H3,(H,46,47,48). The summed E-state index contributed by atoms with van der Waals surface area (Å²) >= 11 is 6.89. The molecule has 0 spiro atoms. The minimum Gasteiger partial charge on any atom is -0.508 e. The zero-order valence-corrected chi connectivity index (χ0v) is 34.6. The van der Waals surface area contributed by atoms with Gasteiger partial charge in [-0.3, -0.25) is 0 Å². The van der Waals surface area contributed by atoms with Crippen molar-refractivity contribution < 1.29 is 52.3 Å². The second-order valence-electron chi connectivity index (χ2n) is 14.6. The third-order valence-corrected chi connectivity index (χ3v) is 9.34. The molecule has 0 saturated carbocycles. The number of piperazine rings is 1. The Balaban J connectivity index is 1.17. The maximum Gasteiger partial charge on any atom is 0.410 e. The fraction of sp³-hybridized carbons (Fsp3) is 0.372. The maximum atomic E-state index is 17.0. The molecule has 6 rings (SSSR count). The van der Waals surface area contributed by atoms with Crippen molar-refractivity contribution in [3.05, 3.63) is 77.6 Å². The smallest absolute Gasteiger partial charge is 0.410 e. The number of amides is 1. The van der Waals surface area contributed by atoms with Crippen LogP contribution in [0.5, 0.6) is 11.5 Å². The quantitative estimate of drug-likeness (QED) is 0.0577. The van der Waals surface area contributed by atoms with Crippen molar-refractivity contribution in [2.45, 2.75) is 33.3 Å². The minimum atomic E-state index is -0.705. The third-order valence-electron chi connectivity index (χ3n) is 9.04. The van der Waals surface area contributed by atoms with Crippen LogP contribution < -0.4 is 15.0 Å². The summed E-state index contributed by atoms with van der Waals surface area (Å²) in [6.45, 7) is 9.18. The number of carbonyl (C=O) groups excluding carboxylic acids is 3. The molecule has 17 heteroatoms. The fourth-order valence-corrected chi connectivity index (χ4v) is 6.69. The molecule has 0 radical (unpaired) electrons. The van der Waals surface area contributed by atoms with Crippen LogP contribution in [0.25, 0.3) is 32.8 Å². The Bertz CT molecular complexity index is 2320. The maximum absolute atomic E-state index is 17.0. The first-order chi connectivity index (χ1) is 28.8. The van der Waals surface area contributed by atoms with E-state index in [1.54, 1.807) is 48.2 Å². The number of hydrogen-bond donors (Lipinski definition) is 2. The van der Waals surface area contributed by atoms with Crippen LogP contribution in [0.2, 0.25) is 5.02 Å². The fourth-order valence-electron chi connectivity index (χ4n) is 6.40. The molecule has 318 valence electrons. The predicted octanol–water partition coefficient (Wildman–Crippen LogP) is 7.27. The number of halogens is 2. The van der Waals surface area contributed by atoms with Crippen LogP contribution in [-0.2, 0) is 33.3 Å². The summed E-state index contributed by atoms with van der Waals surface area (Å²) in [6.07, 6.45) is -0.423. The van der Waals surface area contributed by atoms with Crippen molar-refractivity contribution in [1.82, 2.24) is 14.9 Å². The number of nitrogens with zero attached hydrogens (tertiary/aromatic N) is 4. The number of aromatic nitrogens is 2. The second kappa shape index (κ2) is 20.0. The van der Waals surface area contributed by atoms with Gasteiger partial charge in [0.05, 0.1) is 38.1 Å². The van der Waals surface area contributed by atoms with Crippen LogP contribution in [0.3, 0.4) is 0 Å². The summed E-state index contributed by atoms with van der Waals surface area (Å²) in [5, 5.41) is 15.6. The second-order valence-corrected chi connectivity index (χ2v) is 15.0. The average Bonchev–Trinajstić information content (AvgIpc) is 3.20. The molecule has 15 nitrogen and oxygen atoms in total. The number of anilines is 3. The normalized spacial score (nSPS) is 13.1. The van der Waals surface area contributed by atoms with E-state index in [0.29, 0.717) is 59.4 Å². The van der Waals surface area contributed by atoms with Gasteiger partial charge in [0, 0.05) is 42.8 Å². The number of hydrogen-bond acceptors (Lipinski definition) is 14. The molecular weight excluding hydrogens is 801 g/mol. The zero-order valence-electron chi connectivity index (χ0n) is 33.8. The number of aromatic hydroxyl groups is 1. The molecule has 0 unspecified atom stereocenters. The zero-order chi connectivity index (χ0) is 42.8. The van der Waals surface area contributed by atoms with Gasteiger partial charge in [-0.2, -0.15) is 4.98 Å². The monoisotopic (exact) mass is 847 g/mol. The van der Waals surface area contributed by atoms with E-state index < -0.39 is 29.5 Å². The van der Waals surface area contributed by atoms with E-state index in [9.17, 15) is 19.5 Å². The molecule has 0 atom stereocenters. The van der Waals surface area contributed by atoms with Crippen LogP contribution >= 0.6 is 11.6 Å². The number of esters is 2. The highest BCUT2D eigenvalue weighted by Crippen LogP contribution is 2.42. The van der Waals surface area contributed by atoms with Gasteiger partial charge in [-0.15, -0.1) is 0 Å². The number of phenolic OH excluding ortho intramolecular Hbond substituents is 1. The Morgan fingerprint density at radius 3 is 2.20 bits per heavy atom. The molecule has 2 N–H and O–H groups in total. The lowest BCUT2D eigenvalue weighted by molar-refractivity contribution is -0.149. The molecule has 1 amide bonds. The van der Waals surface area contributed by atoms with Crippen LogP contribution in [0.1, 0.15) is 27.7 Å². The van der Waals surface area contributed by atoms with Gasteiger partial charge in [0.2, 0.25) is 5.95 Å². The highest BCUT2D eigenvalue weighted by atomic mass is 35.5.